The second kappa shape index (κ2) is 3.97. The van der Waals surface area contributed by atoms with E-state index in [1.54, 1.807) is 0 Å². The van der Waals surface area contributed by atoms with Crippen molar-refractivity contribution in [2.45, 2.75) is 44.1 Å². The predicted octanol–water partition coefficient (Wildman–Crippen LogP) is 1.95. The molecule has 2 fully saturated rings. The van der Waals surface area contributed by atoms with Crippen molar-refractivity contribution >= 4 is 0 Å². The molecule has 0 aromatic rings. The van der Waals surface area contributed by atoms with E-state index in [0.29, 0.717) is 0 Å². The molecule has 0 heterocycles. The second-order valence-electron chi connectivity index (χ2n) is 4.65. The van der Waals surface area contributed by atoms with Crippen molar-refractivity contribution < 1.29 is 4.74 Å². The Balaban J connectivity index is 1.54. The highest BCUT2D eigenvalue weighted by molar-refractivity contribution is 4.91. The van der Waals surface area contributed by atoms with E-state index in [0.717, 1.165) is 12.5 Å². The van der Waals surface area contributed by atoms with Gasteiger partial charge in [-0.15, -0.1) is 0 Å². The summed E-state index contributed by atoms with van der Waals surface area (Å²) >= 11 is 0. The Morgan fingerprint density at radius 1 is 1.38 bits per heavy atom. The lowest BCUT2D eigenvalue weighted by Crippen LogP contribution is -2.48. The number of nitrogens with one attached hydrogen (secondary N) is 1. The van der Waals surface area contributed by atoms with Crippen LogP contribution in [0.5, 0.6) is 0 Å². The van der Waals surface area contributed by atoms with Gasteiger partial charge in [0, 0.05) is 13.7 Å². The van der Waals surface area contributed by atoms with Crippen LogP contribution in [0.4, 0.5) is 0 Å². The molecule has 0 radical (unpaired) electrons. The Morgan fingerprint density at radius 3 is 2.62 bits per heavy atom. The van der Waals surface area contributed by atoms with E-state index in [1.165, 1.54) is 45.1 Å². The molecule has 2 rings (SSSR count). The average molecular weight is 183 g/mol. The highest BCUT2D eigenvalue weighted by atomic mass is 16.5. The van der Waals surface area contributed by atoms with Gasteiger partial charge in [-0.25, -0.2) is 0 Å². The molecule has 13 heavy (non-hydrogen) atoms. The van der Waals surface area contributed by atoms with Gasteiger partial charge in [-0.05, 0) is 38.1 Å². The topological polar surface area (TPSA) is 21.3 Å². The van der Waals surface area contributed by atoms with Gasteiger partial charge in [0.15, 0.2) is 0 Å². The molecule has 0 amide bonds. The first kappa shape index (κ1) is 9.47. The van der Waals surface area contributed by atoms with Crippen LogP contribution in [0.2, 0.25) is 0 Å². The SMILES string of the molecule is COC1(CNCCC2CC2)CCC1. The first-order valence-corrected chi connectivity index (χ1v) is 5.60. The number of hydrogen-bond donors (Lipinski definition) is 1. The zero-order valence-electron chi connectivity index (χ0n) is 8.64. The van der Waals surface area contributed by atoms with E-state index in [9.17, 15) is 0 Å². The van der Waals surface area contributed by atoms with Crippen LogP contribution in [0.3, 0.4) is 0 Å². The number of rotatable bonds is 6. The molecule has 2 aliphatic carbocycles. The Labute approximate surface area is 81.0 Å². The van der Waals surface area contributed by atoms with Crippen LogP contribution in [0, 0.1) is 5.92 Å². The highest BCUT2D eigenvalue weighted by Gasteiger charge is 2.36. The maximum atomic E-state index is 5.53. The van der Waals surface area contributed by atoms with Crippen molar-refractivity contribution in [2.24, 2.45) is 5.92 Å². The summed E-state index contributed by atoms with van der Waals surface area (Å²) in [6, 6.07) is 0. The minimum Gasteiger partial charge on any atom is -0.377 e. The fourth-order valence-corrected chi connectivity index (χ4v) is 2.05. The van der Waals surface area contributed by atoms with Gasteiger partial charge >= 0.3 is 0 Å². The fraction of sp³-hybridized carbons (Fsp3) is 1.00. The zero-order valence-corrected chi connectivity index (χ0v) is 8.64. The largest absolute Gasteiger partial charge is 0.377 e. The molecule has 2 aliphatic rings. The summed E-state index contributed by atoms with van der Waals surface area (Å²) < 4.78 is 5.53. The normalized spacial score (nSPS) is 25.6. The lowest BCUT2D eigenvalue weighted by molar-refractivity contribution is -0.0692. The van der Waals surface area contributed by atoms with E-state index in [-0.39, 0.29) is 5.60 Å². The molecule has 1 N–H and O–H groups in total. The monoisotopic (exact) mass is 183 g/mol. The molecule has 0 spiro atoms. The molecule has 0 aromatic carbocycles. The van der Waals surface area contributed by atoms with Crippen LogP contribution in [-0.2, 0) is 4.74 Å². The van der Waals surface area contributed by atoms with E-state index >= 15 is 0 Å². The number of hydrogen-bond acceptors (Lipinski definition) is 2. The molecule has 0 saturated heterocycles. The van der Waals surface area contributed by atoms with Gasteiger partial charge in [0.2, 0.25) is 0 Å². The van der Waals surface area contributed by atoms with Crippen LogP contribution < -0.4 is 5.32 Å². The molecule has 2 saturated carbocycles. The van der Waals surface area contributed by atoms with E-state index in [4.69, 9.17) is 4.74 Å². The van der Waals surface area contributed by atoms with Crippen molar-refractivity contribution in [1.82, 2.24) is 5.32 Å². The maximum absolute atomic E-state index is 5.53. The number of methoxy groups -OCH3 is 1. The van der Waals surface area contributed by atoms with Gasteiger partial charge in [0.25, 0.3) is 0 Å². The van der Waals surface area contributed by atoms with Gasteiger partial charge in [-0.2, -0.15) is 0 Å². The summed E-state index contributed by atoms with van der Waals surface area (Å²) in [5.41, 5.74) is 0.212. The lowest BCUT2D eigenvalue weighted by atomic mass is 9.80. The quantitative estimate of drug-likeness (QED) is 0.635. The maximum Gasteiger partial charge on any atom is 0.0802 e. The molecular formula is C11H21NO. The minimum absolute atomic E-state index is 0.212. The average Bonchev–Trinajstić information content (AvgIpc) is 2.86. The summed E-state index contributed by atoms with van der Waals surface area (Å²) in [5, 5.41) is 3.53. The van der Waals surface area contributed by atoms with Gasteiger partial charge in [-0.3, -0.25) is 0 Å². The van der Waals surface area contributed by atoms with E-state index < -0.39 is 0 Å². The van der Waals surface area contributed by atoms with Crippen molar-refractivity contribution in [1.29, 1.82) is 0 Å². The summed E-state index contributed by atoms with van der Waals surface area (Å²) in [6.07, 6.45) is 8.16. The Morgan fingerprint density at radius 2 is 2.15 bits per heavy atom. The fourth-order valence-electron chi connectivity index (χ4n) is 2.05. The summed E-state index contributed by atoms with van der Waals surface area (Å²) in [7, 11) is 1.85. The molecule has 2 heteroatoms. The summed E-state index contributed by atoms with van der Waals surface area (Å²) in [5.74, 6) is 1.05. The molecule has 2 nitrogen and oxygen atoms in total. The van der Waals surface area contributed by atoms with Crippen molar-refractivity contribution in [3.63, 3.8) is 0 Å². The van der Waals surface area contributed by atoms with Gasteiger partial charge in [0.05, 0.1) is 5.60 Å². The Bertz CT molecular complexity index is 156. The van der Waals surface area contributed by atoms with Crippen molar-refractivity contribution in [3.05, 3.63) is 0 Å². The van der Waals surface area contributed by atoms with Crippen LogP contribution in [0.1, 0.15) is 38.5 Å². The van der Waals surface area contributed by atoms with Crippen LogP contribution in [0.25, 0.3) is 0 Å². The standard InChI is InChI=1S/C11H21NO/c1-13-11(6-2-7-11)9-12-8-5-10-3-4-10/h10,12H,2-9H2,1H3. The summed E-state index contributed by atoms with van der Waals surface area (Å²) in [6.45, 7) is 2.26. The predicted molar refractivity (Wildman–Crippen MR) is 53.8 cm³/mol. The van der Waals surface area contributed by atoms with Gasteiger partial charge in [0.1, 0.15) is 0 Å². The van der Waals surface area contributed by atoms with Crippen molar-refractivity contribution in [2.75, 3.05) is 20.2 Å². The molecule has 0 atom stereocenters. The molecule has 0 unspecified atom stereocenters. The number of ether oxygens (including phenoxy) is 1. The first-order chi connectivity index (χ1) is 6.35. The summed E-state index contributed by atoms with van der Waals surface area (Å²) in [4.78, 5) is 0. The Hall–Kier alpha value is -0.0800. The highest BCUT2D eigenvalue weighted by Crippen LogP contribution is 2.34. The minimum atomic E-state index is 0.212. The molecule has 0 aliphatic heterocycles. The van der Waals surface area contributed by atoms with Gasteiger partial charge < -0.3 is 10.1 Å². The third-order valence-corrected chi connectivity index (χ3v) is 3.57. The third kappa shape index (κ3) is 2.44. The van der Waals surface area contributed by atoms with E-state index in [1.807, 2.05) is 7.11 Å². The first-order valence-electron chi connectivity index (χ1n) is 5.60. The van der Waals surface area contributed by atoms with E-state index in [2.05, 4.69) is 5.32 Å². The third-order valence-electron chi connectivity index (χ3n) is 3.57. The van der Waals surface area contributed by atoms with Crippen molar-refractivity contribution in [3.8, 4) is 0 Å². The molecular weight excluding hydrogens is 162 g/mol. The van der Waals surface area contributed by atoms with Gasteiger partial charge in [-0.1, -0.05) is 12.8 Å². The molecule has 0 bridgehead atoms. The van der Waals surface area contributed by atoms with Crippen LogP contribution in [-0.4, -0.2) is 25.8 Å². The lowest BCUT2D eigenvalue weighted by Gasteiger charge is -2.40. The smallest absolute Gasteiger partial charge is 0.0802 e. The Kier molecular flexibility index (Phi) is 2.89. The second-order valence-corrected chi connectivity index (χ2v) is 4.65. The van der Waals surface area contributed by atoms with Crippen LogP contribution in [0.15, 0.2) is 0 Å². The van der Waals surface area contributed by atoms with Crippen LogP contribution >= 0.6 is 0 Å². The molecule has 0 aromatic heterocycles. The zero-order chi connectivity index (χ0) is 9.15. The molecule has 76 valence electrons.